The molecule has 0 atom stereocenters. The summed E-state index contributed by atoms with van der Waals surface area (Å²) in [6.07, 6.45) is 3.45. The fourth-order valence-corrected chi connectivity index (χ4v) is 3.22. The average Bonchev–Trinajstić information content (AvgIpc) is 3.19. The molecule has 1 N–H and O–H groups in total. The lowest BCUT2D eigenvalue weighted by molar-refractivity contribution is -0.142. The number of carbonyl (C=O) groups is 2. The topological polar surface area (TPSA) is 111 Å². The maximum atomic E-state index is 12.0. The van der Waals surface area contributed by atoms with Crippen LogP contribution in [0.5, 0.6) is 0 Å². The molecule has 0 aliphatic rings. The van der Waals surface area contributed by atoms with Crippen LogP contribution in [0.1, 0.15) is 12.6 Å². The number of hydrogen-bond acceptors (Lipinski definition) is 9. The molecule has 0 saturated heterocycles. The van der Waals surface area contributed by atoms with Crippen LogP contribution >= 0.6 is 23.1 Å². The Hall–Kier alpha value is -2.53. The summed E-state index contributed by atoms with van der Waals surface area (Å²) in [6, 6.07) is 1.75. The predicted octanol–water partition coefficient (Wildman–Crippen LogP) is 1.42. The number of ether oxygens (including phenoxy) is 1. The van der Waals surface area contributed by atoms with Crippen molar-refractivity contribution >= 4 is 45.9 Å². The Labute approximate surface area is 150 Å². The molecule has 0 saturated carbocycles. The number of amides is 1. The van der Waals surface area contributed by atoms with Crippen LogP contribution in [0.2, 0.25) is 0 Å². The number of rotatable bonds is 7. The highest BCUT2D eigenvalue weighted by atomic mass is 32.2. The number of nitrogens with one attached hydrogen (secondary N) is 1. The van der Waals surface area contributed by atoms with E-state index in [1.54, 1.807) is 35.3 Å². The monoisotopic (exact) mass is 378 g/mol. The summed E-state index contributed by atoms with van der Waals surface area (Å²) in [7, 11) is 0. The molecule has 0 radical (unpaired) electrons. The maximum Gasteiger partial charge on any atom is 0.311 e. The van der Waals surface area contributed by atoms with Crippen LogP contribution in [-0.4, -0.2) is 48.8 Å². The van der Waals surface area contributed by atoms with Crippen molar-refractivity contribution in [2.24, 2.45) is 0 Å². The fourth-order valence-electron chi connectivity index (χ4n) is 1.87. The summed E-state index contributed by atoms with van der Waals surface area (Å²) in [4.78, 5) is 35.9. The Balaban J connectivity index is 1.50. The molecule has 0 aromatic carbocycles. The Kier molecular flexibility index (Phi) is 5.56. The van der Waals surface area contributed by atoms with Gasteiger partial charge < -0.3 is 10.1 Å². The van der Waals surface area contributed by atoms with Gasteiger partial charge in [-0.3, -0.25) is 9.59 Å². The minimum Gasteiger partial charge on any atom is -0.466 e. The molecule has 0 spiro atoms. The van der Waals surface area contributed by atoms with Gasteiger partial charge in [-0.05, 0) is 13.0 Å². The highest BCUT2D eigenvalue weighted by Gasteiger charge is 2.12. The maximum absolute atomic E-state index is 12.0. The fraction of sp³-hybridized carbons (Fsp3) is 0.286. The Morgan fingerprint density at radius 1 is 1.40 bits per heavy atom. The van der Waals surface area contributed by atoms with E-state index < -0.39 is 0 Å². The standard InChI is InChI=1S/C14H14N6O3S2/c1-2-23-11(22)6-9-7-24-13(16-9)17-10(21)8-25-14-18-12-15-4-3-5-20(12)19-14/h3-5,7H,2,6,8H2,1H3,(H,16,17,21). The van der Waals surface area contributed by atoms with Gasteiger partial charge in [0, 0.05) is 17.8 Å². The number of nitrogens with zero attached hydrogens (tertiary/aromatic N) is 5. The quantitative estimate of drug-likeness (QED) is 0.485. The van der Waals surface area contributed by atoms with Gasteiger partial charge in [-0.15, -0.1) is 16.4 Å². The van der Waals surface area contributed by atoms with E-state index >= 15 is 0 Å². The van der Waals surface area contributed by atoms with E-state index in [2.05, 4.69) is 25.4 Å². The van der Waals surface area contributed by atoms with Crippen molar-refractivity contribution in [2.75, 3.05) is 17.7 Å². The molecule has 3 rings (SSSR count). The molecule has 25 heavy (non-hydrogen) atoms. The summed E-state index contributed by atoms with van der Waals surface area (Å²) in [5.74, 6) is 0.0551. The number of carbonyl (C=O) groups excluding carboxylic acids is 2. The van der Waals surface area contributed by atoms with Crippen LogP contribution in [0.15, 0.2) is 29.0 Å². The summed E-state index contributed by atoms with van der Waals surface area (Å²) in [5, 5.41) is 9.52. The molecule has 1 amide bonds. The van der Waals surface area contributed by atoms with Gasteiger partial charge in [0.25, 0.3) is 5.78 Å². The van der Waals surface area contributed by atoms with Gasteiger partial charge in [-0.25, -0.2) is 14.5 Å². The van der Waals surface area contributed by atoms with Gasteiger partial charge in [-0.1, -0.05) is 11.8 Å². The van der Waals surface area contributed by atoms with E-state index in [9.17, 15) is 9.59 Å². The summed E-state index contributed by atoms with van der Waals surface area (Å²) >= 11 is 2.46. The predicted molar refractivity (Wildman–Crippen MR) is 92.6 cm³/mol. The number of anilines is 1. The van der Waals surface area contributed by atoms with Crippen molar-refractivity contribution < 1.29 is 14.3 Å². The Bertz CT molecular complexity index is 860. The molecular formula is C14H14N6O3S2. The van der Waals surface area contributed by atoms with Crippen molar-refractivity contribution in [3.8, 4) is 0 Å². The average molecular weight is 378 g/mol. The largest absolute Gasteiger partial charge is 0.466 e. The lowest BCUT2D eigenvalue weighted by atomic mass is 10.3. The molecule has 0 aliphatic carbocycles. The lowest BCUT2D eigenvalue weighted by Crippen LogP contribution is -2.14. The molecule has 3 heterocycles. The van der Waals surface area contributed by atoms with Gasteiger partial charge >= 0.3 is 5.97 Å². The van der Waals surface area contributed by atoms with Crippen LogP contribution in [0.4, 0.5) is 5.13 Å². The number of aromatic nitrogens is 5. The third-order valence-electron chi connectivity index (χ3n) is 2.86. The molecule has 0 unspecified atom stereocenters. The van der Waals surface area contributed by atoms with E-state index in [1.807, 2.05) is 0 Å². The summed E-state index contributed by atoms with van der Waals surface area (Å²) < 4.78 is 6.41. The minimum absolute atomic E-state index is 0.0904. The van der Waals surface area contributed by atoms with Gasteiger partial charge in [0.2, 0.25) is 11.1 Å². The number of thioether (sulfide) groups is 1. The first-order valence-corrected chi connectivity index (χ1v) is 9.20. The second-order valence-electron chi connectivity index (χ2n) is 4.72. The Morgan fingerprint density at radius 3 is 3.08 bits per heavy atom. The van der Waals surface area contributed by atoms with Crippen LogP contribution in [0.25, 0.3) is 5.78 Å². The number of fused-ring (bicyclic) bond motifs is 1. The second kappa shape index (κ2) is 8.03. The van der Waals surface area contributed by atoms with Crippen LogP contribution in [0.3, 0.4) is 0 Å². The second-order valence-corrected chi connectivity index (χ2v) is 6.52. The first-order valence-electron chi connectivity index (χ1n) is 7.34. The molecule has 9 nitrogen and oxygen atoms in total. The number of thiazole rings is 1. The third-order valence-corrected chi connectivity index (χ3v) is 4.50. The molecule has 0 aliphatic heterocycles. The van der Waals surface area contributed by atoms with Gasteiger partial charge in [0.05, 0.1) is 24.5 Å². The first kappa shape index (κ1) is 17.3. The van der Waals surface area contributed by atoms with Crippen molar-refractivity contribution in [3.63, 3.8) is 0 Å². The van der Waals surface area contributed by atoms with E-state index in [0.29, 0.717) is 28.4 Å². The highest BCUT2D eigenvalue weighted by Crippen LogP contribution is 2.18. The van der Waals surface area contributed by atoms with Crippen molar-refractivity contribution in [3.05, 3.63) is 29.5 Å². The first-order chi connectivity index (χ1) is 12.1. The normalized spacial score (nSPS) is 10.8. The smallest absolute Gasteiger partial charge is 0.311 e. The van der Waals surface area contributed by atoms with E-state index in [1.165, 1.54) is 23.1 Å². The molecule has 11 heteroatoms. The summed E-state index contributed by atoms with van der Waals surface area (Å²) in [5.41, 5.74) is 0.569. The van der Waals surface area contributed by atoms with Crippen molar-refractivity contribution in [1.82, 2.24) is 24.6 Å². The van der Waals surface area contributed by atoms with Gasteiger partial charge in [0.1, 0.15) is 0 Å². The zero-order chi connectivity index (χ0) is 17.6. The Morgan fingerprint density at radius 2 is 2.28 bits per heavy atom. The molecule has 0 bridgehead atoms. The summed E-state index contributed by atoms with van der Waals surface area (Å²) in [6.45, 7) is 2.08. The molecule has 3 aromatic rings. The molecule has 3 aromatic heterocycles. The zero-order valence-electron chi connectivity index (χ0n) is 13.2. The van der Waals surface area contributed by atoms with E-state index in [-0.39, 0.29) is 24.1 Å². The van der Waals surface area contributed by atoms with Crippen molar-refractivity contribution in [1.29, 1.82) is 0 Å². The van der Waals surface area contributed by atoms with E-state index in [0.717, 1.165) is 0 Å². The van der Waals surface area contributed by atoms with Crippen LogP contribution in [-0.2, 0) is 20.7 Å². The van der Waals surface area contributed by atoms with Crippen LogP contribution < -0.4 is 5.32 Å². The van der Waals surface area contributed by atoms with Crippen LogP contribution in [0, 0.1) is 0 Å². The molecular weight excluding hydrogens is 364 g/mol. The lowest BCUT2D eigenvalue weighted by Gasteiger charge is -2.00. The SMILES string of the molecule is CCOC(=O)Cc1csc(NC(=O)CSc2nc3ncccn3n2)n1. The minimum atomic E-state index is -0.340. The zero-order valence-corrected chi connectivity index (χ0v) is 14.8. The van der Waals surface area contributed by atoms with E-state index in [4.69, 9.17) is 4.74 Å². The van der Waals surface area contributed by atoms with Gasteiger partial charge in [0.15, 0.2) is 5.13 Å². The number of hydrogen-bond donors (Lipinski definition) is 1. The number of esters is 1. The van der Waals surface area contributed by atoms with Crippen molar-refractivity contribution in [2.45, 2.75) is 18.5 Å². The molecule has 130 valence electrons. The molecule has 0 fully saturated rings. The van der Waals surface area contributed by atoms with Gasteiger partial charge in [-0.2, -0.15) is 4.98 Å². The third kappa shape index (κ3) is 4.73. The highest BCUT2D eigenvalue weighted by molar-refractivity contribution is 7.99.